The molecule has 1 unspecified atom stereocenters. The van der Waals surface area contributed by atoms with Gasteiger partial charge in [0.1, 0.15) is 10.8 Å². The van der Waals surface area contributed by atoms with Crippen LogP contribution in [0, 0.1) is 6.92 Å². The van der Waals surface area contributed by atoms with Gasteiger partial charge in [-0.25, -0.2) is 4.98 Å². The van der Waals surface area contributed by atoms with Gasteiger partial charge in [0.15, 0.2) is 0 Å². The normalized spacial score (nSPS) is 19.6. The maximum absolute atomic E-state index is 5.79. The van der Waals surface area contributed by atoms with Gasteiger partial charge < -0.3 is 11.1 Å². The number of nitrogens with zero attached hydrogens (tertiary/aromatic N) is 2. The summed E-state index contributed by atoms with van der Waals surface area (Å²) < 4.78 is 0. The predicted octanol–water partition coefficient (Wildman–Crippen LogP) is 1.92. The molecule has 0 saturated carbocycles. The minimum Gasteiger partial charge on any atom is -0.389 e. The lowest BCUT2D eigenvalue weighted by Crippen LogP contribution is -2.35. The van der Waals surface area contributed by atoms with Crippen molar-refractivity contribution in [1.82, 2.24) is 9.88 Å². The van der Waals surface area contributed by atoms with E-state index in [1.165, 1.54) is 19.4 Å². The van der Waals surface area contributed by atoms with Crippen molar-refractivity contribution < 1.29 is 0 Å². The lowest BCUT2D eigenvalue weighted by atomic mass is 10.1. The molecule has 5 heteroatoms. The minimum absolute atomic E-state index is 0.409. The number of nitrogens with one attached hydrogen (secondary N) is 1. The molecule has 0 bridgehead atoms. The molecule has 1 fully saturated rings. The van der Waals surface area contributed by atoms with Crippen molar-refractivity contribution in [2.75, 3.05) is 25.0 Å². The fraction of sp³-hybridized carbons (Fsp3) is 0.571. The highest BCUT2D eigenvalue weighted by Crippen LogP contribution is 2.20. The van der Waals surface area contributed by atoms with E-state index in [1.807, 2.05) is 13.0 Å². The van der Waals surface area contributed by atoms with E-state index >= 15 is 0 Å². The SMILES string of the molecule is CCN1CCCC1CNc1nccc(C)c1C(N)=S. The van der Waals surface area contributed by atoms with Crippen LogP contribution in [0.3, 0.4) is 0 Å². The first-order valence-electron chi connectivity index (χ1n) is 6.86. The summed E-state index contributed by atoms with van der Waals surface area (Å²) in [5.74, 6) is 0.815. The van der Waals surface area contributed by atoms with Crippen LogP contribution in [0.1, 0.15) is 30.9 Å². The van der Waals surface area contributed by atoms with Gasteiger partial charge in [-0.3, -0.25) is 4.90 Å². The number of pyridine rings is 1. The van der Waals surface area contributed by atoms with Crippen molar-refractivity contribution >= 4 is 23.0 Å². The van der Waals surface area contributed by atoms with Crippen LogP contribution in [0.25, 0.3) is 0 Å². The molecule has 1 atom stereocenters. The van der Waals surface area contributed by atoms with Gasteiger partial charge in [0.05, 0.1) is 5.56 Å². The molecule has 3 N–H and O–H groups in total. The highest BCUT2D eigenvalue weighted by Gasteiger charge is 2.23. The number of hydrogen-bond acceptors (Lipinski definition) is 4. The smallest absolute Gasteiger partial charge is 0.136 e. The molecule has 0 aliphatic carbocycles. The summed E-state index contributed by atoms with van der Waals surface area (Å²) >= 11 is 5.12. The van der Waals surface area contributed by atoms with E-state index in [-0.39, 0.29) is 0 Å². The van der Waals surface area contributed by atoms with Gasteiger partial charge in [0, 0.05) is 18.8 Å². The average Bonchev–Trinajstić information content (AvgIpc) is 2.83. The summed E-state index contributed by atoms with van der Waals surface area (Å²) in [4.78, 5) is 7.29. The summed E-state index contributed by atoms with van der Waals surface area (Å²) in [6, 6.07) is 2.53. The Hall–Kier alpha value is -1.20. The molecule has 1 aliphatic heterocycles. The first-order chi connectivity index (χ1) is 9.13. The van der Waals surface area contributed by atoms with Crippen molar-refractivity contribution in [1.29, 1.82) is 0 Å². The van der Waals surface area contributed by atoms with Crippen LogP contribution in [0.5, 0.6) is 0 Å². The second-order valence-corrected chi connectivity index (χ2v) is 5.46. The quantitative estimate of drug-likeness (QED) is 0.806. The number of nitrogens with two attached hydrogens (primary N) is 1. The molecule has 1 saturated heterocycles. The van der Waals surface area contributed by atoms with Crippen molar-refractivity contribution in [3.63, 3.8) is 0 Å². The van der Waals surface area contributed by atoms with Crippen LogP contribution in [0.15, 0.2) is 12.3 Å². The fourth-order valence-corrected chi connectivity index (χ4v) is 3.02. The Morgan fingerprint density at radius 3 is 3.11 bits per heavy atom. The van der Waals surface area contributed by atoms with Crippen LogP contribution in [0.2, 0.25) is 0 Å². The monoisotopic (exact) mass is 278 g/mol. The van der Waals surface area contributed by atoms with E-state index in [0.717, 1.165) is 30.0 Å². The largest absolute Gasteiger partial charge is 0.389 e. The van der Waals surface area contributed by atoms with Crippen LogP contribution in [0.4, 0.5) is 5.82 Å². The molecule has 4 nitrogen and oxygen atoms in total. The van der Waals surface area contributed by atoms with E-state index in [0.29, 0.717) is 11.0 Å². The number of thiocarbonyl (C=S) groups is 1. The molecular formula is C14H22N4S. The van der Waals surface area contributed by atoms with Gasteiger partial charge in [-0.2, -0.15) is 0 Å². The minimum atomic E-state index is 0.409. The van der Waals surface area contributed by atoms with Gasteiger partial charge in [0.25, 0.3) is 0 Å². The van der Waals surface area contributed by atoms with E-state index in [1.54, 1.807) is 6.20 Å². The van der Waals surface area contributed by atoms with E-state index < -0.39 is 0 Å². The third-order valence-corrected chi connectivity index (χ3v) is 4.02. The van der Waals surface area contributed by atoms with Crippen LogP contribution in [-0.4, -0.2) is 40.5 Å². The number of anilines is 1. The average molecular weight is 278 g/mol. The van der Waals surface area contributed by atoms with Crippen LogP contribution in [-0.2, 0) is 0 Å². The Morgan fingerprint density at radius 2 is 2.42 bits per heavy atom. The number of likely N-dealkylation sites (tertiary alicyclic amines) is 1. The third-order valence-electron chi connectivity index (χ3n) is 3.82. The lowest BCUT2D eigenvalue weighted by Gasteiger charge is -2.23. The standard InChI is InChI=1S/C14H22N4S/c1-3-18-8-4-5-11(18)9-17-14-12(13(15)19)10(2)6-7-16-14/h6-7,11H,3-5,8-9H2,1-2H3,(H2,15,19)(H,16,17). The molecular weight excluding hydrogens is 256 g/mol. The fourth-order valence-electron chi connectivity index (χ4n) is 2.76. The van der Waals surface area contributed by atoms with Gasteiger partial charge in [-0.15, -0.1) is 0 Å². The topological polar surface area (TPSA) is 54.2 Å². The van der Waals surface area contributed by atoms with Crippen molar-refractivity contribution in [2.45, 2.75) is 32.7 Å². The summed E-state index contributed by atoms with van der Waals surface area (Å²) in [5, 5.41) is 3.42. The summed E-state index contributed by atoms with van der Waals surface area (Å²) in [7, 11) is 0. The van der Waals surface area contributed by atoms with Gasteiger partial charge in [0.2, 0.25) is 0 Å². The molecule has 1 aromatic heterocycles. The van der Waals surface area contributed by atoms with E-state index in [2.05, 4.69) is 22.1 Å². The lowest BCUT2D eigenvalue weighted by molar-refractivity contribution is 0.277. The molecule has 0 amide bonds. The van der Waals surface area contributed by atoms with Gasteiger partial charge in [-0.05, 0) is 44.5 Å². The highest BCUT2D eigenvalue weighted by molar-refractivity contribution is 7.80. The molecule has 0 radical (unpaired) electrons. The zero-order chi connectivity index (χ0) is 13.8. The van der Waals surface area contributed by atoms with Crippen LogP contribution < -0.4 is 11.1 Å². The Morgan fingerprint density at radius 1 is 1.63 bits per heavy atom. The number of aromatic nitrogens is 1. The third kappa shape index (κ3) is 3.22. The summed E-state index contributed by atoms with van der Waals surface area (Å²) in [6.07, 6.45) is 4.32. The molecule has 2 rings (SSSR count). The van der Waals surface area contributed by atoms with E-state index in [9.17, 15) is 0 Å². The highest BCUT2D eigenvalue weighted by atomic mass is 32.1. The van der Waals surface area contributed by atoms with Crippen molar-refractivity contribution in [3.05, 3.63) is 23.4 Å². The predicted molar refractivity (Wildman–Crippen MR) is 83.6 cm³/mol. The molecule has 0 spiro atoms. The maximum Gasteiger partial charge on any atom is 0.136 e. The maximum atomic E-state index is 5.79. The molecule has 0 aromatic carbocycles. The van der Waals surface area contributed by atoms with Crippen molar-refractivity contribution in [3.8, 4) is 0 Å². The number of hydrogen-bond donors (Lipinski definition) is 2. The molecule has 104 valence electrons. The van der Waals surface area contributed by atoms with Gasteiger partial charge in [-0.1, -0.05) is 19.1 Å². The molecule has 1 aromatic rings. The second kappa shape index (κ2) is 6.30. The summed E-state index contributed by atoms with van der Waals surface area (Å²) in [6.45, 7) is 7.43. The zero-order valence-electron chi connectivity index (χ0n) is 11.6. The summed E-state index contributed by atoms with van der Waals surface area (Å²) in [5.41, 5.74) is 7.74. The van der Waals surface area contributed by atoms with E-state index in [4.69, 9.17) is 18.0 Å². The first kappa shape index (κ1) is 14.2. The number of aryl methyl sites for hydroxylation is 1. The number of rotatable bonds is 5. The van der Waals surface area contributed by atoms with Gasteiger partial charge >= 0.3 is 0 Å². The van der Waals surface area contributed by atoms with Crippen molar-refractivity contribution in [2.24, 2.45) is 5.73 Å². The van der Waals surface area contributed by atoms with Crippen LogP contribution >= 0.6 is 12.2 Å². The Kier molecular flexibility index (Phi) is 4.71. The first-order valence-corrected chi connectivity index (χ1v) is 7.27. The zero-order valence-corrected chi connectivity index (χ0v) is 12.5. The molecule has 2 heterocycles. The molecule has 19 heavy (non-hydrogen) atoms. The Labute approximate surface area is 120 Å². The Bertz CT molecular complexity index is 461. The Balaban J connectivity index is 2.07. The number of likely N-dealkylation sites (N-methyl/N-ethyl adjacent to an activating group) is 1. The molecule has 1 aliphatic rings. The second-order valence-electron chi connectivity index (χ2n) is 5.02.